The molecule has 0 aromatic heterocycles. The molecule has 0 aromatic rings. The van der Waals surface area contributed by atoms with E-state index >= 15 is 0 Å². The van der Waals surface area contributed by atoms with E-state index in [0.29, 0.717) is 0 Å². The van der Waals surface area contributed by atoms with E-state index in [-0.39, 0.29) is 24.0 Å². The second-order valence-electron chi connectivity index (χ2n) is 4.29. The van der Waals surface area contributed by atoms with Crippen LogP contribution in [0.2, 0.25) is 0 Å². The second kappa shape index (κ2) is 7.53. The van der Waals surface area contributed by atoms with Crippen LogP contribution in [0.1, 0.15) is 13.8 Å². The molecular formula is C9H23INOPS. The SMILES string of the molecule is CCP(=O)(CC)SCC[N+](C)(C)C.[I-]. The molecule has 0 atom stereocenters. The van der Waals surface area contributed by atoms with Crippen LogP contribution in [-0.4, -0.2) is 50.2 Å². The molecule has 0 saturated heterocycles. The third-order valence-corrected chi connectivity index (χ3v) is 8.32. The summed E-state index contributed by atoms with van der Waals surface area (Å²) in [5.74, 6) is 1.02. The van der Waals surface area contributed by atoms with Crippen LogP contribution >= 0.6 is 17.7 Å². The number of nitrogens with zero attached hydrogens (tertiary/aromatic N) is 1. The summed E-state index contributed by atoms with van der Waals surface area (Å²) in [5.41, 5.74) is 0. The first-order valence-electron chi connectivity index (χ1n) is 4.86. The molecule has 0 heterocycles. The maximum atomic E-state index is 12.0. The molecule has 0 saturated carbocycles. The molecule has 0 unspecified atom stereocenters. The lowest BCUT2D eigenvalue weighted by Gasteiger charge is -2.24. The van der Waals surface area contributed by atoms with Crippen LogP contribution in [-0.2, 0) is 4.57 Å². The van der Waals surface area contributed by atoms with Crippen molar-refractivity contribution in [2.24, 2.45) is 0 Å². The fourth-order valence-electron chi connectivity index (χ4n) is 0.887. The van der Waals surface area contributed by atoms with Crippen LogP contribution in [0.25, 0.3) is 0 Å². The molecule has 0 aliphatic carbocycles. The largest absolute Gasteiger partial charge is 1.00 e. The minimum absolute atomic E-state index is 0. The number of rotatable bonds is 6. The van der Waals surface area contributed by atoms with Crippen LogP contribution < -0.4 is 24.0 Å². The molecule has 5 heteroatoms. The quantitative estimate of drug-likeness (QED) is 0.373. The maximum absolute atomic E-state index is 12.0. The summed E-state index contributed by atoms with van der Waals surface area (Å²) in [6.07, 6.45) is -0.183. The molecule has 0 fully saturated rings. The Bertz CT molecular complexity index is 186. The molecule has 0 aliphatic heterocycles. The first kappa shape index (κ1) is 17.7. The molecule has 0 bridgehead atoms. The smallest absolute Gasteiger partial charge is 0.138 e. The van der Waals surface area contributed by atoms with E-state index in [1.165, 1.54) is 0 Å². The molecule has 0 N–H and O–H groups in total. The third-order valence-electron chi connectivity index (χ3n) is 2.05. The molecule has 0 amide bonds. The van der Waals surface area contributed by atoms with Crippen molar-refractivity contribution in [3.8, 4) is 0 Å². The minimum Gasteiger partial charge on any atom is -1.00 e. The minimum atomic E-state index is -1.86. The summed E-state index contributed by atoms with van der Waals surface area (Å²) < 4.78 is 13.0. The Morgan fingerprint density at radius 3 is 1.86 bits per heavy atom. The molecule has 88 valence electrons. The van der Waals surface area contributed by atoms with Crippen molar-refractivity contribution in [2.45, 2.75) is 13.8 Å². The van der Waals surface area contributed by atoms with Gasteiger partial charge in [0.25, 0.3) is 0 Å². The summed E-state index contributed by atoms with van der Waals surface area (Å²) in [4.78, 5) is 0. The monoisotopic (exact) mass is 351 g/mol. The Kier molecular flexibility index (Phi) is 9.50. The highest BCUT2D eigenvalue weighted by atomic mass is 127. The van der Waals surface area contributed by atoms with Crippen LogP contribution in [0.5, 0.6) is 0 Å². The van der Waals surface area contributed by atoms with E-state index in [2.05, 4.69) is 21.1 Å². The fourth-order valence-corrected chi connectivity index (χ4v) is 5.00. The zero-order chi connectivity index (χ0) is 10.5. The standard InChI is InChI=1S/C9H23NOPS.HI/c1-6-12(11,7-2)13-9-8-10(3,4)5;/h6-9H2,1-5H3;1H/q+1;/p-1. The van der Waals surface area contributed by atoms with E-state index in [1.807, 2.05) is 13.8 Å². The summed E-state index contributed by atoms with van der Waals surface area (Å²) in [5, 5.41) is 0. The van der Waals surface area contributed by atoms with E-state index in [4.69, 9.17) is 0 Å². The average Bonchev–Trinajstić information content (AvgIpc) is 2.02. The van der Waals surface area contributed by atoms with Gasteiger partial charge in [0.05, 0.1) is 27.7 Å². The predicted octanol–water partition coefficient (Wildman–Crippen LogP) is -0.252. The Balaban J connectivity index is 0. The lowest BCUT2D eigenvalue weighted by atomic mass is 10.6. The number of hydrogen-bond donors (Lipinski definition) is 0. The van der Waals surface area contributed by atoms with Gasteiger partial charge in [-0.3, -0.25) is 0 Å². The van der Waals surface area contributed by atoms with Crippen LogP contribution in [0.4, 0.5) is 0 Å². The average molecular weight is 351 g/mol. The van der Waals surface area contributed by atoms with Gasteiger partial charge in [-0.15, -0.1) is 0 Å². The first-order chi connectivity index (χ1) is 5.83. The van der Waals surface area contributed by atoms with Crippen LogP contribution in [0.3, 0.4) is 0 Å². The summed E-state index contributed by atoms with van der Waals surface area (Å²) in [6, 6.07) is 0. The Morgan fingerprint density at radius 1 is 1.14 bits per heavy atom. The van der Waals surface area contributed by atoms with E-state index in [1.54, 1.807) is 11.4 Å². The van der Waals surface area contributed by atoms with Gasteiger partial charge in [0.1, 0.15) is 6.34 Å². The van der Waals surface area contributed by atoms with Crippen molar-refractivity contribution in [1.29, 1.82) is 0 Å². The normalized spacial score (nSPS) is 12.4. The van der Waals surface area contributed by atoms with Crippen LogP contribution in [0, 0.1) is 0 Å². The topological polar surface area (TPSA) is 17.1 Å². The summed E-state index contributed by atoms with van der Waals surface area (Å²) >= 11 is 1.69. The molecule has 0 aromatic carbocycles. The third kappa shape index (κ3) is 8.57. The molecular weight excluding hydrogens is 328 g/mol. The predicted molar refractivity (Wildman–Crippen MR) is 64.0 cm³/mol. The molecule has 14 heavy (non-hydrogen) atoms. The molecule has 0 aliphatic rings. The van der Waals surface area contributed by atoms with Gasteiger partial charge in [-0.1, -0.05) is 25.2 Å². The van der Waals surface area contributed by atoms with E-state index < -0.39 is 6.34 Å². The van der Waals surface area contributed by atoms with Gasteiger partial charge in [0.2, 0.25) is 0 Å². The highest BCUT2D eigenvalue weighted by molar-refractivity contribution is 8.58. The van der Waals surface area contributed by atoms with Gasteiger partial charge in [-0.25, -0.2) is 0 Å². The van der Waals surface area contributed by atoms with Crippen molar-refractivity contribution in [2.75, 3.05) is 45.8 Å². The summed E-state index contributed by atoms with van der Waals surface area (Å²) in [6.45, 7) is 5.15. The number of halogens is 1. The van der Waals surface area contributed by atoms with Crippen LogP contribution in [0.15, 0.2) is 0 Å². The zero-order valence-electron chi connectivity index (χ0n) is 9.92. The number of hydrogen-bond acceptors (Lipinski definition) is 2. The zero-order valence-corrected chi connectivity index (χ0v) is 13.8. The van der Waals surface area contributed by atoms with Gasteiger partial charge in [-0.2, -0.15) is 0 Å². The highest BCUT2D eigenvalue weighted by Crippen LogP contribution is 2.57. The van der Waals surface area contributed by atoms with Gasteiger partial charge >= 0.3 is 0 Å². The van der Waals surface area contributed by atoms with Gasteiger partial charge in [0.15, 0.2) is 0 Å². The van der Waals surface area contributed by atoms with Gasteiger partial charge < -0.3 is 33.0 Å². The lowest BCUT2D eigenvalue weighted by Crippen LogP contribution is -3.00. The van der Waals surface area contributed by atoms with Crippen molar-refractivity contribution in [3.63, 3.8) is 0 Å². The van der Waals surface area contributed by atoms with Crippen molar-refractivity contribution in [1.82, 2.24) is 0 Å². The van der Waals surface area contributed by atoms with Gasteiger partial charge in [0, 0.05) is 18.1 Å². The molecule has 0 radical (unpaired) electrons. The fraction of sp³-hybridized carbons (Fsp3) is 1.00. The molecule has 2 nitrogen and oxygen atoms in total. The lowest BCUT2D eigenvalue weighted by molar-refractivity contribution is -0.867. The van der Waals surface area contributed by atoms with E-state index in [9.17, 15) is 4.57 Å². The van der Waals surface area contributed by atoms with Gasteiger partial charge in [-0.05, 0) is 0 Å². The first-order valence-corrected chi connectivity index (χ1v) is 8.53. The molecule has 0 spiro atoms. The summed E-state index contributed by atoms with van der Waals surface area (Å²) in [7, 11) is 6.51. The maximum Gasteiger partial charge on any atom is 0.138 e. The Hall–Kier alpha value is 1.27. The van der Waals surface area contributed by atoms with E-state index in [0.717, 1.165) is 29.1 Å². The second-order valence-corrected chi connectivity index (χ2v) is 10.6. The van der Waals surface area contributed by atoms with Crippen molar-refractivity contribution < 1.29 is 33.0 Å². The van der Waals surface area contributed by atoms with Crippen molar-refractivity contribution >= 4 is 17.7 Å². The highest BCUT2D eigenvalue weighted by Gasteiger charge is 2.18. The Labute approximate surface area is 110 Å². The Morgan fingerprint density at radius 2 is 1.57 bits per heavy atom. The molecule has 0 rings (SSSR count). The van der Waals surface area contributed by atoms with Crippen molar-refractivity contribution in [3.05, 3.63) is 0 Å². The number of quaternary nitrogens is 1.